The molecule has 0 saturated carbocycles. The third-order valence-corrected chi connectivity index (χ3v) is 2.52. The zero-order valence-electron chi connectivity index (χ0n) is 9.93. The number of rotatable bonds is 7. The summed E-state index contributed by atoms with van der Waals surface area (Å²) in [6.07, 6.45) is -0.328. The Morgan fingerprint density at radius 1 is 1.29 bits per heavy atom. The van der Waals surface area contributed by atoms with Crippen molar-refractivity contribution in [2.75, 3.05) is 13.1 Å². The fraction of sp³-hybridized carbons (Fsp3) is 0.727. The van der Waals surface area contributed by atoms with E-state index in [2.05, 4.69) is 10.3 Å². The molecule has 0 aliphatic carbocycles. The molecule has 0 amide bonds. The highest BCUT2D eigenvalue weighted by Crippen LogP contribution is 2.21. The third-order valence-electron chi connectivity index (χ3n) is 2.52. The maximum absolute atomic E-state index is 11.8. The molecule has 0 fully saturated rings. The van der Waals surface area contributed by atoms with E-state index in [0.717, 1.165) is 18.9 Å². The van der Waals surface area contributed by atoms with Crippen LogP contribution in [-0.4, -0.2) is 28.8 Å². The zero-order chi connectivity index (χ0) is 12.7. The lowest BCUT2D eigenvalue weighted by Crippen LogP contribution is -2.21. The van der Waals surface area contributed by atoms with Crippen molar-refractivity contribution in [3.63, 3.8) is 0 Å². The number of halogens is 3. The van der Waals surface area contributed by atoms with Gasteiger partial charge in [0.1, 0.15) is 5.82 Å². The Hall–Kier alpha value is -1.04. The molecule has 0 spiro atoms. The molecule has 3 nitrogen and oxygen atoms in total. The van der Waals surface area contributed by atoms with Gasteiger partial charge < -0.3 is 9.88 Å². The smallest absolute Gasteiger partial charge is 0.334 e. The molecular weight excluding hydrogens is 231 g/mol. The number of aromatic nitrogens is 2. The Bertz CT molecular complexity index is 320. The summed E-state index contributed by atoms with van der Waals surface area (Å²) < 4.78 is 37.5. The van der Waals surface area contributed by atoms with E-state index in [-0.39, 0.29) is 6.42 Å². The minimum Gasteiger partial charge on any atom is -0.334 e. The normalized spacial score (nSPS) is 12.0. The molecule has 1 rings (SSSR count). The number of hydrogen-bond acceptors (Lipinski definition) is 2. The van der Waals surface area contributed by atoms with Crippen LogP contribution in [0, 0.1) is 6.92 Å². The van der Waals surface area contributed by atoms with Gasteiger partial charge in [0, 0.05) is 31.9 Å². The van der Waals surface area contributed by atoms with E-state index in [9.17, 15) is 13.2 Å². The van der Waals surface area contributed by atoms with Crippen LogP contribution < -0.4 is 5.32 Å². The summed E-state index contributed by atoms with van der Waals surface area (Å²) in [6, 6.07) is 0. The van der Waals surface area contributed by atoms with E-state index in [1.54, 1.807) is 6.20 Å². The summed E-state index contributed by atoms with van der Waals surface area (Å²) >= 11 is 0. The number of imidazole rings is 1. The van der Waals surface area contributed by atoms with Crippen molar-refractivity contribution in [3.05, 3.63) is 18.2 Å². The van der Waals surface area contributed by atoms with Gasteiger partial charge in [0.05, 0.1) is 0 Å². The molecule has 98 valence electrons. The van der Waals surface area contributed by atoms with Gasteiger partial charge in [-0.1, -0.05) is 0 Å². The first-order chi connectivity index (χ1) is 7.99. The van der Waals surface area contributed by atoms with Gasteiger partial charge in [-0.3, -0.25) is 0 Å². The Labute approximate surface area is 99.0 Å². The van der Waals surface area contributed by atoms with Gasteiger partial charge in [-0.15, -0.1) is 0 Å². The van der Waals surface area contributed by atoms with E-state index in [0.29, 0.717) is 13.0 Å². The van der Waals surface area contributed by atoms with Crippen LogP contribution in [-0.2, 0) is 6.54 Å². The Balaban J connectivity index is 1.97. The van der Waals surface area contributed by atoms with Gasteiger partial charge in [-0.25, -0.2) is 4.98 Å². The molecule has 0 bridgehead atoms. The molecule has 0 radical (unpaired) electrons. The molecule has 0 atom stereocenters. The molecule has 0 aliphatic heterocycles. The second kappa shape index (κ2) is 6.64. The lowest BCUT2D eigenvalue weighted by Gasteiger charge is -2.08. The summed E-state index contributed by atoms with van der Waals surface area (Å²) in [7, 11) is 0. The second-order valence-electron chi connectivity index (χ2n) is 3.99. The summed E-state index contributed by atoms with van der Waals surface area (Å²) in [5, 5.41) is 3.12. The maximum atomic E-state index is 11.8. The summed E-state index contributed by atoms with van der Waals surface area (Å²) in [5.74, 6) is 0.948. The second-order valence-corrected chi connectivity index (χ2v) is 3.99. The maximum Gasteiger partial charge on any atom is 0.389 e. The van der Waals surface area contributed by atoms with Crippen molar-refractivity contribution in [3.8, 4) is 0 Å². The van der Waals surface area contributed by atoms with Crippen LogP contribution in [0.25, 0.3) is 0 Å². The first-order valence-corrected chi connectivity index (χ1v) is 5.74. The first-order valence-electron chi connectivity index (χ1n) is 5.74. The van der Waals surface area contributed by atoms with E-state index in [1.807, 2.05) is 17.7 Å². The average Bonchev–Trinajstić information content (AvgIpc) is 2.61. The fourth-order valence-electron chi connectivity index (χ4n) is 1.54. The van der Waals surface area contributed by atoms with E-state index in [4.69, 9.17) is 0 Å². The summed E-state index contributed by atoms with van der Waals surface area (Å²) in [6.45, 7) is 4.10. The quantitative estimate of drug-likeness (QED) is 0.752. The van der Waals surface area contributed by atoms with E-state index >= 15 is 0 Å². The standard InChI is InChI=1S/C11H18F3N3/c1-10-16-7-9-17(10)8-6-15-5-3-2-4-11(12,13)14/h7,9,15H,2-6,8H2,1H3. The predicted octanol–water partition coefficient (Wildman–Crippen LogP) is 2.51. The number of aryl methyl sites for hydroxylation is 1. The fourth-order valence-corrected chi connectivity index (χ4v) is 1.54. The molecule has 6 heteroatoms. The van der Waals surface area contributed by atoms with Gasteiger partial charge in [-0.05, 0) is 26.3 Å². The van der Waals surface area contributed by atoms with E-state index in [1.165, 1.54) is 0 Å². The van der Waals surface area contributed by atoms with Crippen molar-refractivity contribution in [1.29, 1.82) is 0 Å². The monoisotopic (exact) mass is 249 g/mol. The lowest BCUT2D eigenvalue weighted by molar-refractivity contribution is -0.135. The molecular formula is C11H18F3N3. The van der Waals surface area contributed by atoms with Crippen molar-refractivity contribution in [2.24, 2.45) is 0 Å². The predicted molar refractivity (Wildman–Crippen MR) is 59.7 cm³/mol. The van der Waals surface area contributed by atoms with Crippen LogP contribution in [0.3, 0.4) is 0 Å². The van der Waals surface area contributed by atoms with Crippen LogP contribution in [0.4, 0.5) is 13.2 Å². The number of nitrogens with one attached hydrogen (secondary N) is 1. The van der Waals surface area contributed by atoms with Gasteiger partial charge in [0.15, 0.2) is 0 Å². The van der Waals surface area contributed by atoms with Gasteiger partial charge >= 0.3 is 6.18 Å². The number of hydrogen-bond donors (Lipinski definition) is 1. The molecule has 0 saturated heterocycles. The molecule has 1 aromatic heterocycles. The molecule has 1 aromatic rings. The third kappa shape index (κ3) is 6.31. The van der Waals surface area contributed by atoms with Gasteiger partial charge in [0.2, 0.25) is 0 Å². The summed E-state index contributed by atoms with van der Waals surface area (Å²) in [5.41, 5.74) is 0. The van der Waals surface area contributed by atoms with Crippen LogP contribution in [0.1, 0.15) is 25.1 Å². The Morgan fingerprint density at radius 3 is 2.65 bits per heavy atom. The lowest BCUT2D eigenvalue weighted by atomic mass is 10.2. The van der Waals surface area contributed by atoms with E-state index < -0.39 is 12.6 Å². The van der Waals surface area contributed by atoms with Crippen LogP contribution in [0.15, 0.2) is 12.4 Å². The number of unbranched alkanes of at least 4 members (excludes halogenated alkanes) is 1. The van der Waals surface area contributed by atoms with Crippen LogP contribution >= 0.6 is 0 Å². The van der Waals surface area contributed by atoms with Crippen molar-refractivity contribution in [2.45, 2.75) is 38.9 Å². The molecule has 17 heavy (non-hydrogen) atoms. The van der Waals surface area contributed by atoms with Gasteiger partial charge in [-0.2, -0.15) is 13.2 Å². The first kappa shape index (κ1) is 14.0. The highest BCUT2D eigenvalue weighted by atomic mass is 19.4. The van der Waals surface area contributed by atoms with Crippen molar-refractivity contribution < 1.29 is 13.2 Å². The highest BCUT2D eigenvalue weighted by Gasteiger charge is 2.25. The number of nitrogens with zero attached hydrogens (tertiary/aromatic N) is 2. The van der Waals surface area contributed by atoms with Gasteiger partial charge in [0.25, 0.3) is 0 Å². The molecule has 0 aliphatic rings. The van der Waals surface area contributed by atoms with Crippen molar-refractivity contribution >= 4 is 0 Å². The Kier molecular flexibility index (Phi) is 5.47. The molecule has 0 aromatic carbocycles. The van der Waals surface area contributed by atoms with Crippen molar-refractivity contribution in [1.82, 2.24) is 14.9 Å². The SMILES string of the molecule is Cc1nccn1CCNCCCCC(F)(F)F. The van der Waals surface area contributed by atoms with Crippen LogP contribution in [0.2, 0.25) is 0 Å². The molecule has 1 N–H and O–H groups in total. The van der Waals surface area contributed by atoms with Crippen LogP contribution in [0.5, 0.6) is 0 Å². The zero-order valence-corrected chi connectivity index (χ0v) is 9.93. The average molecular weight is 249 g/mol. The minimum absolute atomic E-state index is 0.195. The number of alkyl halides is 3. The summed E-state index contributed by atoms with van der Waals surface area (Å²) in [4.78, 5) is 4.08. The minimum atomic E-state index is -4.02. The highest BCUT2D eigenvalue weighted by molar-refractivity contribution is 4.88. The molecule has 0 unspecified atom stereocenters. The Morgan fingerprint density at radius 2 is 2.06 bits per heavy atom. The topological polar surface area (TPSA) is 29.9 Å². The largest absolute Gasteiger partial charge is 0.389 e. The molecule has 1 heterocycles.